The molecule has 1 aliphatic rings. The van der Waals surface area contributed by atoms with Crippen LogP contribution in [0.15, 0.2) is 35.3 Å². The molecule has 2 aromatic rings. The highest BCUT2D eigenvalue weighted by Gasteiger charge is 2.41. The molecular formula is C18H19ClFN3O2. The van der Waals surface area contributed by atoms with E-state index >= 15 is 0 Å². The van der Waals surface area contributed by atoms with Gasteiger partial charge in [-0.25, -0.2) is 9.37 Å². The van der Waals surface area contributed by atoms with E-state index in [1.807, 2.05) is 0 Å². The van der Waals surface area contributed by atoms with Crippen LogP contribution in [-0.4, -0.2) is 22.4 Å². The number of hydrogen-bond donors (Lipinski definition) is 2. The molecule has 132 valence electrons. The van der Waals surface area contributed by atoms with Gasteiger partial charge in [-0.3, -0.25) is 9.59 Å². The topological polar surface area (TPSA) is 74.8 Å². The van der Waals surface area contributed by atoms with E-state index in [2.05, 4.69) is 22.2 Å². The number of aromatic nitrogens is 2. The van der Waals surface area contributed by atoms with Crippen molar-refractivity contribution in [3.05, 3.63) is 63.0 Å². The number of carbonyl (C=O) groups excluding carboxylic acids is 1. The number of nitrogens with zero attached hydrogens (tertiary/aromatic N) is 1. The molecule has 1 aromatic carbocycles. The van der Waals surface area contributed by atoms with E-state index in [0.29, 0.717) is 12.5 Å². The third kappa shape index (κ3) is 4.25. The van der Waals surface area contributed by atoms with Crippen LogP contribution in [0.5, 0.6) is 0 Å². The highest BCUT2D eigenvalue weighted by atomic mass is 35.5. The van der Waals surface area contributed by atoms with E-state index in [1.165, 1.54) is 12.1 Å². The molecule has 25 heavy (non-hydrogen) atoms. The monoisotopic (exact) mass is 363 g/mol. The van der Waals surface area contributed by atoms with Crippen molar-refractivity contribution in [2.45, 2.75) is 26.2 Å². The van der Waals surface area contributed by atoms with Crippen LogP contribution in [0, 0.1) is 17.2 Å². The number of halogens is 2. The van der Waals surface area contributed by atoms with Crippen LogP contribution in [0.4, 0.5) is 4.39 Å². The number of H-pyrrole nitrogens is 1. The minimum Gasteiger partial charge on any atom is -0.349 e. The standard InChI is InChI=1S/C18H19ClFN3O2/c1-18(12-4-5-12,8-11-2-6-13(20)7-3-11)10-22-17(25)15-21-9-14(19)16(24)23-15/h2-3,6-7,9,12H,4-5,8,10H2,1H3,(H,22,25)(H,21,23,24)/t18-/m0/s1. The number of amides is 1. The van der Waals surface area contributed by atoms with E-state index in [9.17, 15) is 14.0 Å². The Bertz CT molecular complexity index is 833. The van der Waals surface area contributed by atoms with Crippen LogP contribution in [-0.2, 0) is 6.42 Å². The molecule has 2 N–H and O–H groups in total. The largest absolute Gasteiger partial charge is 0.349 e. The number of carbonyl (C=O) groups is 1. The molecule has 7 heteroatoms. The average Bonchev–Trinajstić information content (AvgIpc) is 3.43. The van der Waals surface area contributed by atoms with Gasteiger partial charge in [-0.1, -0.05) is 30.7 Å². The van der Waals surface area contributed by atoms with Crippen molar-refractivity contribution in [1.29, 1.82) is 0 Å². The molecule has 0 unspecified atom stereocenters. The molecule has 1 fully saturated rings. The first-order chi connectivity index (χ1) is 11.9. The van der Waals surface area contributed by atoms with Crippen molar-refractivity contribution in [3.8, 4) is 0 Å². The van der Waals surface area contributed by atoms with Gasteiger partial charge in [-0.05, 0) is 48.3 Å². The smallest absolute Gasteiger partial charge is 0.287 e. The second-order valence-corrected chi connectivity index (χ2v) is 7.23. The van der Waals surface area contributed by atoms with Crippen LogP contribution in [0.3, 0.4) is 0 Å². The maximum absolute atomic E-state index is 13.1. The number of aromatic amines is 1. The molecule has 1 aromatic heterocycles. The normalized spacial score (nSPS) is 16.3. The number of benzene rings is 1. The first kappa shape index (κ1) is 17.6. The maximum atomic E-state index is 13.1. The van der Waals surface area contributed by atoms with Crippen LogP contribution >= 0.6 is 11.6 Å². The van der Waals surface area contributed by atoms with Crippen molar-refractivity contribution in [2.24, 2.45) is 11.3 Å². The summed E-state index contributed by atoms with van der Waals surface area (Å²) in [4.78, 5) is 30.0. The lowest BCUT2D eigenvalue weighted by Gasteiger charge is -2.30. The Balaban J connectivity index is 1.69. The van der Waals surface area contributed by atoms with Gasteiger partial charge in [0.15, 0.2) is 5.82 Å². The van der Waals surface area contributed by atoms with Crippen LogP contribution in [0.25, 0.3) is 0 Å². The summed E-state index contributed by atoms with van der Waals surface area (Å²) in [6.07, 6.45) is 4.13. The van der Waals surface area contributed by atoms with Crippen molar-refractivity contribution in [1.82, 2.24) is 15.3 Å². The fraction of sp³-hybridized carbons (Fsp3) is 0.389. The van der Waals surface area contributed by atoms with Crippen molar-refractivity contribution in [3.63, 3.8) is 0 Å². The molecule has 1 atom stereocenters. The molecule has 0 spiro atoms. The molecule has 0 aliphatic heterocycles. The Morgan fingerprint density at radius 1 is 1.40 bits per heavy atom. The summed E-state index contributed by atoms with van der Waals surface area (Å²) in [6, 6.07) is 6.44. The zero-order chi connectivity index (χ0) is 18.0. The molecule has 1 aliphatic carbocycles. The lowest BCUT2D eigenvalue weighted by Crippen LogP contribution is -2.39. The van der Waals surface area contributed by atoms with Gasteiger partial charge in [-0.15, -0.1) is 0 Å². The number of hydrogen-bond acceptors (Lipinski definition) is 3. The van der Waals surface area contributed by atoms with Crippen LogP contribution in [0.2, 0.25) is 5.02 Å². The van der Waals surface area contributed by atoms with Gasteiger partial charge < -0.3 is 10.3 Å². The highest BCUT2D eigenvalue weighted by molar-refractivity contribution is 6.30. The van der Waals surface area contributed by atoms with Gasteiger partial charge in [0.05, 0.1) is 6.20 Å². The Kier molecular flexibility index (Phi) is 4.90. The SMILES string of the molecule is C[C@@](CNC(=O)c1ncc(Cl)c(=O)[nH]1)(Cc1ccc(F)cc1)C1CC1. The Morgan fingerprint density at radius 3 is 2.68 bits per heavy atom. The Hall–Kier alpha value is -2.21. The summed E-state index contributed by atoms with van der Waals surface area (Å²) >= 11 is 5.62. The van der Waals surface area contributed by atoms with E-state index in [4.69, 9.17) is 11.6 Å². The molecule has 3 rings (SSSR count). The third-order valence-electron chi connectivity index (χ3n) is 4.71. The minimum absolute atomic E-state index is 0.0596. The molecule has 0 bridgehead atoms. The fourth-order valence-corrected chi connectivity index (χ4v) is 3.16. The van der Waals surface area contributed by atoms with E-state index in [1.54, 1.807) is 12.1 Å². The van der Waals surface area contributed by atoms with Crippen molar-refractivity contribution in [2.75, 3.05) is 6.54 Å². The lowest BCUT2D eigenvalue weighted by molar-refractivity contribution is 0.0915. The summed E-state index contributed by atoms with van der Waals surface area (Å²) < 4.78 is 13.1. The highest BCUT2D eigenvalue weighted by Crippen LogP contribution is 2.47. The molecule has 1 amide bonds. The van der Waals surface area contributed by atoms with E-state index in [0.717, 1.165) is 31.0 Å². The molecular weight excluding hydrogens is 345 g/mol. The molecule has 1 heterocycles. The molecule has 0 saturated heterocycles. The molecule has 5 nitrogen and oxygen atoms in total. The second kappa shape index (κ2) is 6.96. The third-order valence-corrected chi connectivity index (χ3v) is 4.98. The predicted molar refractivity (Wildman–Crippen MR) is 93.1 cm³/mol. The summed E-state index contributed by atoms with van der Waals surface area (Å²) in [7, 11) is 0. The van der Waals surface area contributed by atoms with Crippen molar-refractivity contribution >= 4 is 17.5 Å². The van der Waals surface area contributed by atoms with Crippen LogP contribution in [0.1, 0.15) is 35.9 Å². The summed E-state index contributed by atoms with van der Waals surface area (Å²) in [6.45, 7) is 2.56. The second-order valence-electron chi connectivity index (χ2n) is 6.82. The Morgan fingerprint density at radius 2 is 2.08 bits per heavy atom. The number of nitrogens with one attached hydrogen (secondary N) is 2. The Labute approximate surface area is 149 Å². The van der Waals surface area contributed by atoms with E-state index in [-0.39, 0.29) is 22.1 Å². The molecule has 0 radical (unpaired) electrons. The summed E-state index contributed by atoms with van der Waals surface area (Å²) in [5, 5.41) is 2.79. The zero-order valence-corrected chi connectivity index (χ0v) is 14.6. The van der Waals surface area contributed by atoms with E-state index < -0.39 is 11.5 Å². The fourth-order valence-electron chi connectivity index (χ4n) is 3.06. The van der Waals surface area contributed by atoms with Gasteiger partial charge >= 0.3 is 0 Å². The predicted octanol–water partition coefficient (Wildman–Crippen LogP) is 2.95. The van der Waals surface area contributed by atoms with Gasteiger partial charge in [0.25, 0.3) is 11.5 Å². The zero-order valence-electron chi connectivity index (χ0n) is 13.8. The van der Waals surface area contributed by atoms with Gasteiger partial charge in [0.1, 0.15) is 10.8 Å². The lowest BCUT2D eigenvalue weighted by atomic mass is 9.79. The quantitative estimate of drug-likeness (QED) is 0.828. The molecule has 1 saturated carbocycles. The van der Waals surface area contributed by atoms with Crippen molar-refractivity contribution < 1.29 is 9.18 Å². The number of rotatable bonds is 6. The van der Waals surface area contributed by atoms with Crippen LogP contribution < -0.4 is 10.9 Å². The summed E-state index contributed by atoms with van der Waals surface area (Å²) in [5.41, 5.74) is 0.349. The first-order valence-corrected chi connectivity index (χ1v) is 8.53. The first-order valence-electron chi connectivity index (χ1n) is 8.15. The maximum Gasteiger partial charge on any atom is 0.287 e. The van der Waals surface area contributed by atoms with Gasteiger partial charge in [0.2, 0.25) is 0 Å². The summed E-state index contributed by atoms with van der Waals surface area (Å²) in [5.74, 6) is -0.257. The van der Waals surface area contributed by atoms with Gasteiger partial charge in [0, 0.05) is 6.54 Å². The van der Waals surface area contributed by atoms with Gasteiger partial charge in [-0.2, -0.15) is 0 Å². The minimum atomic E-state index is -0.543. The average molecular weight is 364 g/mol.